The van der Waals surface area contributed by atoms with Crippen molar-refractivity contribution < 1.29 is 22.4 Å². The van der Waals surface area contributed by atoms with Gasteiger partial charge in [-0.25, -0.2) is 9.37 Å². The summed E-state index contributed by atoms with van der Waals surface area (Å²) in [7, 11) is 3.30. The Morgan fingerprint density at radius 3 is 2.50 bits per heavy atom. The van der Waals surface area contributed by atoms with Crippen LogP contribution >= 0.6 is 11.8 Å². The topological polar surface area (TPSA) is 78.1 Å². The third kappa shape index (κ3) is 5.13. The minimum atomic E-state index is -4.60. The van der Waals surface area contributed by atoms with Gasteiger partial charge in [0.15, 0.2) is 0 Å². The van der Waals surface area contributed by atoms with Gasteiger partial charge in [0.05, 0.1) is 10.9 Å². The lowest BCUT2D eigenvalue weighted by Crippen LogP contribution is -2.35. The zero-order valence-corrected chi connectivity index (χ0v) is 17.2. The molecule has 0 radical (unpaired) electrons. The van der Waals surface area contributed by atoms with Crippen LogP contribution in [0.25, 0.3) is 0 Å². The van der Waals surface area contributed by atoms with E-state index >= 15 is 0 Å². The maximum atomic E-state index is 14.3. The molecule has 1 aromatic heterocycles. The van der Waals surface area contributed by atoms with E-state index in [1.807, 2.05) is 6.92 Å². The number of hydrogen-bond donors (Lipinski definition) is 2. The summed E-state index contributed by atoms with van der Waals surface area (Å²) in [5.41, 5.74) is -5.24. The van der Waals surface area contributed by atoms with E-state index in [2.05, 4.69) is 15.3 Å². The zero-order chi connectivity index (χ0) is 22.3. The molecular weight excluding hydrogens is 424 g/mol. The van der Waals surface area contributed by atoms with Gasteiger partial charge >= 0.3 is 5.51 Å². The van der Waals surface area contributed by atoms with Gasteiger partial charge in [-0.05, 0) is 47.7 Å². The molecule has 11 heteroatoms. The number of anilines is 1. The van der Waals surface area contributed by atoms with E-state index in [-0.39, 0.29) is 17.1 Å². The van der Waals surface area contributed by atoms with Crippen LogP contribution < -0.4 is 15.8 Å². The quantitative estimate of drug-likeness (QED) is 0.523. The number of rotatable bonds is 6. The summed E-state index contributed by atoms with van der Waals surface area (Å²) in [6.07, 6.45) is 1.51. The van der Waals surface area contributed by atoms with Gasteiger partial charge in [-0.3, -0.25) is 14.6 Å². The highest BCUT2D eigenvalue weighted by Crippen LogP contribution is 2.54. The molecule has 1 heterocycles. The Kier molecular flexibility index (Phi) is 5.85. The summed E-state index contributed by atoms with van der Waals surface area (Å²) in [6, 6.07) is 3.86. The van der Waals surface area contributed by atoms with Gasteiger partial charge in [0, 0.05) is 20.2 Å². The maximum absolute atomic E-state index is 14.3. The monoisotopic (exact) mass is 444 g/mol. The Hall–Kier alpha value is -2.56. The number of H-pyrrole nitrogens is 1. The van der Waals surface area contributed by atoms with E-state index in [0.29, 0.717) is 5.56 Å². The number of benzene rings is 1. The Morgan fingerprint density at radius 1 is 1.30 bits per heavy atom. The van der Waals surface area contributed by atoms with Gasteiger partial charge in [0.1, 0.15) is 11.5 Å². The summed E-state index contributed by atoms with van der Waals surface area (Å²) >= 11 is -0.528. The molecule has 1 saturated carbocycles. The fourth-order valence-electron chi connectivity index (χ4n) is 3.03. The molecule has 1 aliphatic rings. The summed E-state index contributed by atoms with van der Waals surface area (Å²) in [4.78, 5) is 32.2. The SMILES string of the molecule is CN(C)c1nc(C(=O)N[C@@H](c2ccc(SC(F)(F)F)c(F)c2)C2(C)CC2)cc(=O)[nH]1. The molecule has 1 aromatic carbocycles. The van der Waals surface area contributed by atoms with Crippen molar-refractivity contribution in [1.82, 2.24) is 15.3 Å². The first kappa shape index (κ1) is 22.1. The van der Waals surface area contributed by atoms with Crippen LogP contribution in [0.2, 0.25) is 0 Å². The molecule has 2 N–H and O–H groups in total. The van der Waals surface area contributed by atoms with Crippen molar-refractivity contribution in [3.05, 3.63) is 51.7 Å². The Labute approximate surface area is 174 Å². The minimum Gasteiger partial charge on any atom is -0.348 e. The van der Waals surface area contributed by atoms with Crippen LogP contribution in [0.15, 0.2) is 34.0 Å². The summed E-state index contributed by atoms with van der Waals surface area (Å²) < 4.78 is 52.0. The van der Waals surface area contributed by atoms with Crippen molar-refractivity contribution in [3.8, 4) is 0 Å². The van der Waals surface area contributed by atoms with Crippen LogP contribution in [-0.2, 0) is 0 Å². The molecule has 0 saturated heterocycles. The van der Waals surface area contributed by atoms with Gasteiger partial charge in [-0.1, -0.05) is 13.0 Å². The molecule has 1 atom stereocenters. The third-order valence-corrected chi connectivity index (χ3v) is 5.69. The summed E-state index contributed by atoms with van der Waals surface area (Å²) in [5, 5.41) is 2.77. The highest BCUT2D eigenvalue weighted by Gasteiger charge is 2.46. The average molecular weight is 444 g/mol. The average Bonchev–Trinajstić information content (AvgIpc) is 3.38. The lowest BCUT2D eigenvalue weighted by molar-refractivity contribution is -0.0329. The number of halogens is 4. The van der Waals surface area contributed by atoms with E-state index in [1.165, 1.54) is 11.0 Å². The standard InChI is InChI=1S/C19H20F4N4O2S/c1-18(6-7-18)15(10-4-5-13(11(20)8-10)30-19(21,22)23)26-16(29)12-9-14(28)25-17(24-12)27(2)3/h4-5,8-9,15H,6-7H2,1-3H3,(H,26,29)(H,24,25,28)/t15-/m0/s1. The van der Waals surface area contributed by atoms with E-state index in [0.717, 1.165) is 31.0 Å². The number of nitrogens with zero attached hydrogens (tertiary/aromatic N) is 2. The number of carbonyl (C=O) groups is 1. The highest BCUT2D eigenvalue weighted by atomic mass is 32.2. The van der Waals surface area contributed by atoms with Crippen LogP contribution in [0.4, 0.5) is 23.5 Å². The van der Waals surface area contributed by atoms with E-state index in [9.17, 15) is 27.2 Å². The van der Waals surface area contributed by atoms with Crippen LogP contribution in [0.3, 0.4) is 0 Å². The molecule has 1 aliphatic carbocycles. The van der Waals surface area contributed by atoms with Crippen molar-refractivity contribution in [3.63, 3.8) is 0 Å². The van der Waals surface area contributed by atoms with Gasteiger partial charge < -0.3 is 10.2 Å². The smallest absolute Gasteiger partial charge is 0.348 e. The van der Waals surface area contributed by atoms with Crippen LogP contribution in [-0.4, -0.2) is 35.5 Å². The first-order chi connectivity index (χ1) is 13.9. The fourth-order valence-corrected chi connectivity index (χ4v) is 3.57. The second-order valence-corrected chi connectivity index (χ2v) is 8.75. The number of thioether (sulfide) groups is 1. The molecule has 0 spiro atoms. The van der Waals surface area contributed by atoms with Gasteiger partial charge in [-0.15, -0.1) is 0 Å². The molecule has 162 valence electrons. The van der Waals surface area contributed by atoms with Gasteiger partial charge in [0.25, 0.3) is 11.5 Å². The van der Waals surface area contributed by atoms with Crippen LogP contribution in [0.5, 0.6) is 0 Å². The molecule has 3 rings (SSSR count). The fraction of sp³-hybridized carbons (Fsp3) is 0.421. The third-order valence-electron chi connectivity index (χ3n) is 4.91. The first-order valence-corrected chi connectivity index (χ1v) is 9.84. The Bertz CT molecular complexity index is 1020. The van der Waals surface area contributed by atoms with E-state index in [4.69, 9.17) is 0 Å². The van der Waals surface area contributed by atoms with Crippen LogP contribution in [0, 0.1) is 11.2 Å². The van der Waals surface area contributed by atoms with Crippen molar-refractivity contribution in [2.24, 2.45) is 5.41 Å². The molecule has 1 fully saturated rings. The largest absolute Gasteiger partial charge is 0.446 e. The molecule has 0 unspecified atom stereocenters. The molecule has 1 amide bonds. The van der Waals surface area contributed by atoms with E-state index in [1.54, 1.807) is 14.1 Å². The van der Waals surface area contributed by atoms with Crippen molar-refractivity contribution in [2.75, 3.05) is 19.0 Å². The maximum Gasteiger partial charge on any atom is 0.446 e. The number of hydrogen-bond acceptors (Lipinski definition) is 5. The lowest BCUT2D eigenvalue weighted by Gasteiger charge is -2.26. The lowest BCUT2D eigenvalue weighted by atomic mass is 9.91. The molecule has 30 heavy (non-hydrogen) atoms. The molecule has 6 nitrogen and oxygen atoms in total. The molecular formula is C19H20F4N4O2S. The summed E-state index contributed by atoms with van der Waals surface area (Å²) in [5.74, 6) is -1.44. The summed E-state index contributed by atoms with van der Waals surface area (Å²) in [6.45, 7) is 1.89. The van der Waals surface area contributed by atoms with Gasteiger partial charge in [0.2, 0.25) is 5.95 Å². The van der Waals surface area contributed by atoms with Crippen LogP contribution in [0.1, 0.15) is 41.9 Å². The second kappa shape index (κ2) is 7.93. The number of alkyl halides is 3. The second-order valence-electron chi connectivity index (χ2n) is 7.65. The van der Waals surface area contributed by atoms with Crippen molar-refractivity contribution in [2.45, 2.75) is 36.2 Å². The van der Waals surface area contributed by atoms with Crippen molar-refractivity contribution in [1.29, 1.82) is 0 Å². The Morgan fingerprint density at radius 2 is 1.97 bits per heavy atom. The molecule has 2 aromatic rings. The van der Waals surface area contributed by atoms with Gasteiger partial charge in [-0.2, -0.15) is 13.2 Å². The highest BCUT2D eigenvalue weighted by molar-refractivity contribution is 8.00. The van der Waals surface area contributed by atoms with Crippen molar-refractivity contribution >= 4 is 23.6 Å². The first-order valence-electron chi connectivity index (χ1n) is 9.03. The minimum absolute atomic E-state index is 0.110. The molecule has 0 aliphatic heterocycles. The zero-order valence-electron chi connectivity index (χ0n) is 16.4. The number of nitrogens with one attached hydrogen (secondary N) is 2. The normalized spacial score (nSPS) is 16.1. The number of aromatic nitrogens is 2. The predicted octanol–water partition coefficient (Wildman–Crippen LogP) is 3.86. The predicted molar refractivity (Wildman–Crippen MR) is 105 cm³/mol. The number of amides is 1. The Balaban J connectivity index is 1.89. The number of aromatic amines is 1. The van der Waals surface area contributed by atoms with E-state index < -0.39 is 45.5 Å². The molecule has 0 bridgehead atoms. The number of carbonyl (C=O) groups excluding carboxylic acids is 1.